The second-order valence-electron chi connectivity index (χ2n) is 5.10. The fraction of sp³-hybridized carbons (Fsp3) is 0.118. The number of pyridine rings is 1. The predicted molar refractivity (Wildman–Crippen MR) is 97.1 cm³/mol. The zero-order valence-corrected chi connectivity index (χ0v) is 14.3. The Kier molecular flexibility index (Phi) is 5.53. The molecule has 0 aliphatic carbocycles. The first-order valence-corrected chi connectivity index (χ1v) is 8.52. The zero-order valence-electron chi connectivity index (χ0n) is 13.5. The van der Waals surface area contributed by atoms with E-state index in [-0.39, 0.29) is 11.7 Å². The van der Waals surface area contributed by atoms with E-state index < -0.39 is 0 Å². The Balaban J connectivity index is 1.54. The van der Waals surface area contributed by atoms with Crippen LogP contribution in [0.25, 0.3) is 11.4 Å². The average Bonchev–Trinajstić information content (AvgIpc) is 3.02. The Morgan fingerprint density at radius 1 is 1.24 bits per heavy atom. The van der Waals surface area contributed by atoms with E-state index in [4.69, 9.17) is 0 Å². The van der Waals surface area contributed by atoms with Crippen LogP contribution in [0, 0.1) is 0 Å². The smallest absolute Gasteiger partial charge is 0.250 e. The normalized spacial score (nSPS) is 10.9. The lowest BCUT2D eigenvalue weighted by Crippen LogP contribution is -2.19. The Morgan fingerprint density at radius 2 is 2.08 bits per heavy atom. The third-order valence-electron chi connectivity index (χ3n) is 3.29. The van der Waals surface area contributed by atoms with Crippen molar-refractivity contribution in [3.05, 3.63) is 60.4 Å². The summed E-state index contributed by atoms with van der Waals surface area (Å²) in [5, 5.41) is 12.9. The fourth-order valence-corrected chi connectivity index (χ4v) is 2.78. The second-order valence-corrected chi connectivity index (χ2v) is 6.04. The highest BCUT2D eigenvalue weighted by Crippen LogP contribution is 2.22. The SMILES string of the molecule is Cn1c(SCC(=O)N/N=C\c2cccnc2)nnc1-c1ccccc1. The van der Waals surface area contributed by atoms with E-state index in [1.54, 1.807) is 24.7 Å². The Hall–Kier alpha value is -3.00. The number of carbonyl (C=O) groups excluding carboxylic acids is 1. The van der Waals surface area contributed by atoms with Gasteiger partial charge in [0, 0.05) is 30.6 Å². The van der Waals surface area contributed by atoms with Crippen molar-refractivity contribution in [1.29, 1.82) is 0 Å². The number of thioether (sulfide) groups is 1. The predicted octanol–water partition coefficient (Wildman–Crippen LogP) is 2.12. The van der Waals surface area contributed by atoms with Crippen LogP contribution in [0.5, 0.6) is 0 Å². The zero-order chi connectivity index (χ0) is 17.5. The number of rotatable bonds is 6. The van der Waals surface area contributed by atoms with Crippen LogP contribution in [-0.2, 0) is 11.8 Å². The minimum absolute atomic E-state index is 0.200. The second kappa shape index (κ2) is 8.20. The molecule has 7 nitrogen and oxygen atoms in total. The van der Waals surface area contributed by atoms with E-state index in [0.717, 1.165) is 17.0 Å². The Labute approximate surface area is 149 Å². The standard InChI is InChI=1S/C17H16N6OS/c1-23-16(14-7-3-2-4-8-14)21-22-17(23)25-12-15(24)20-19-11-13-6-5-9-18-10-13/h2-11H,12H2,1H3,(H,20,24)/b19-11-. The van der Waals surface area contributed by atoms with Gasteiger partial charge in [-0.15, -0.1) is 10.2 Å². The van der Waals surface area contributed by atoms with Gasteiger partial charge in [-0.2, -0.15) is 5.10 Å². The molecule has 0 unspecified atom stereocenters. The third kappa shape index (κ3) is 4.51. The van der Waals surface area contributed by atoms with Gasteiger partial charge < -0.3 is 4.57 Å². The molecule has 2 heterocycles. The molecule has 1 amide bonds. The first-order chi connectivity index (χ1) is 12.2. The molecule has 3 aromatic rings. The van der Waals surface area contributed by atoms with Crippen molar-refractivity contribution in [3.63, 3.8) is 0 Å². The van der Waals surface area contributed by atoms with E-state index in [0.29, 0.717) is 5.16 Å². The summed E-state index contributed by atoms with van der Waals surface area (Å²) in [7, 11) is 1.88. The summed E-state index contributed by atoms with van der Waals surface area (Å²) in [4.78, 5) is 15.8. The quantitative estimate of drug-likeness (QED) is 0.417. The number of amides is 1. The van der Waals surface area contributed by atoms with E-state index in [1.165, 1.54) is 11.8 Å². The van der Waals surface area contributed by atoms with Gasteiger partial charge in [0.1, 0.15) is 0 Å². The van der Waals surface area contributed by atoms with Crippen LogP contribution in [0.2, 0.25) is 0 Å². The van der Waals surface area contributed by atoms with Crippen molar-refractivity contribution >= 4 is 23.9 Å². The molecule has 0 aliphatic heterocycles. The molecular weight excluding hydrogens is 336 g/mol. The van der Waals surface area contributed by atoms with Gasteiger partial charge >= 0.3 is 0 Å². The Morgan fingerprint density at radius 3 is 2.84 bits per heavy atom. The summed E-state index contributed by atoms with van der Waals surface area (Å²) in [5.74, 6) is 0.748. The topological polar surface area (TPSA) is 85.1 Å². The van der Waals surface area contributed by atoms with Crippen LogP contribution in [0.1, 0.15) is 5.56 Å². The molecule has 1 N–H and O–H groups in total. The van der Waals surface area contributed by atoms with Gasteiger partial charge in [-0.3, -0.25) is 9.78 Å². The van der Waals surface area contributed by atoms with Crippen molar-refractivity contribution in [2.75, 3.05) is 5.75 Å². The lowest BCUT2D eigenvalue weighted by Gasteiger charge is -2.03. The van der Waals surface area contributed by atoms with Crippen molar-refractivity contribution in [2.45, 2.75) is 5.16 Å². The van der Waals surface area contributed by atoms with Crippen LogP contribution in [0.15, 0.2) is 65.1 Å². The molecule has 0 fully saturated rings. The molecule has 0 atom stereocenters. The maximum atomic E-state index is 11.9. The number of hydrogen-bond donors (Lipinski definition) is 1. The number of carbonyl (C=O) groups is 1. The third-order valence-corrected chi connectivity index (χ3v) is 4.31. The highest BCUT2D eigenvalue weighted by Gasteiger charge is 2.12. The van der Waals surface area contributed by atoms with Gasteiger partial charge in [-0.05, 0) is 6.07 Å². The van der Waals surface area contributed by atoms with Crippen molar-refractivity contribution in [2.24, 2.45) is 12.1 Å². The molecular formula is C17H16N6OS. The maximum Gasteiger partial charge on any atom is 0.250 e. The van der Waals surface area contributed by atoms with Crippen LogP contribution in [-0.4, -0.2) is 37.6 Å². The average molecular weight is 352 g/mol. The molecule has 25 heavy (non-hydrogen) atoms. The van der Waals surface area contributed by atoms with Crippen molar-refractivity contribution in [3.8, 4) is 11.4 Å². The van der Waals surface area contributed by atoms with Crippen molar-refractivity contribution < 1.29 is 4.79 Å². The number of benzene rings is 1. The monoisotopic (exact) mass is 352 g/mol. The fourth-order valence-electron chi connectivity index (χ4n) is 2.07. The minimum atomic E-state index is -0.214. The van der Waals surface area contributed by atoms with E-state index in [1.807, 2.05) is 48.0 Å². The number of nitrogens with zero attached hydrogens (tertiary/aromatic N) is 5. The summed E-state index contributed by atoms with van der Waals surface area (Å²) in [6, 6.07) is 13.4. The summed E-state index contributed by atoms with van der Waals surface area (Å²) in [6.07, 6.45) is 4.89. The number of hydrogen-bond acceptors (Lipinski definition) is 6. The van der Waals surface area contributed by atoms with Gasteiger partial charge in [0.05, 0.1) is 12.0 Å². The van der Waals surface area contributed by atoms with Crippen LogP contribution in [0.4, 0.5) is 0 Å². The van der Waals surface area contributed by atoms with Gasteiger partial charge in [-0.25, -0.2) is 5.43 Å². The molecule has 126 valence electrons. The lowest BCUT2D eigenvalue weighted by atomic mass is 10.2. The van der Waals surface area contributed by atoms with Gasteiger partial charge in [0.15, 0.2) is 11.0 Å². The number of hydrazone groups is 1. The van der Waals surface area contributed by atoms with Crippen LogP contribution >= 0.6 is 11.8 Å². The molecule has 0 saturated heterocycles. The van der Waals surface area contributed by atoms with E-state index in [9.17, 15) is 4.79 Å². The molecule has 0 aliphatic rings. The van der Waals surface area contributed by atoms with E-state index in [2.05, 4.69) is 25.7 Å². The minimum Gasteiger partial charge on any atom is -0.305 e. The number of nitrogens with one attached hydrogen (secondary N) is 1. The molecule has 1 aromatic carbocycles. The van der Waals surface area contributed by atoms with Gasteiger partial charge in [-0.1, -0.05) is 48.2 Å². The first-order valence-electron chi connectivity index (χ1n) is 7.53. The van der Waals surface area contributed by atoms with Crippen LogP contribution in [0.3, 0.4) is 0 Å². The van der Waals surface area contributed by atoms with E-state index >= 15 is 0 Å². The lowest BCUT2D eigenvalue weighted by molar-refractivity contribution is -0.118. The molecule has 0 radical (unpaired) electrons. The maximum absolute atomic E-state index is 11.9. The highest BCUT2D eigenvalue weighted by molar-refractivity contribution is 7.99. The van der Waals surface area contributed by atoms with Crippen LogP contribution < -0.4 is 5.43 Å². The Bertz CT molecular complexity index is 863. The summed E-state index contributed by atoms with van der Waals surface area (Å²) < 4.78 is 1.87. The van der Waals surface area contributed by atoms with Gasteiger partial charge in [0.2, 0.25) is 0 Å². The van der Waals surface area contributed by atoms with Gasteiger partial charge in [0.25, 0.3) is 5.91 Å². The molecule has 8 heteroatoms. The molecule has 0 spiro atoms. The molecule has 2 aromatic heterocycles. The summed E-state index contributed by atoms with van der Waals surface area (Å²) in [5.41, 5.74) is 4.28. The molecule has 0 saturated carbocycles. The first kappa shape index (κ1) is 16.8. The highest BCUT2D eigenvalue weighted by atomic mass is 32.2. The summed E-state index contributed by atoms with van der Waals surface area (Å²) >= 11 is 1.31. The molecule has 3 rings (SSSR count). The molecule has 0 bridgehead atoms. The van der Waals surface area contributed by atoms with Crippen molar-refractivity contribution in [1.82, 2.24) is 25.2 Å². The largest absolute Gasteiger partial charge is 0.305 e. The number of aromatic nitrogens is 4. The summed E-state index contributed by atoms with van der Waals surface area (Å²) in [6.45, 7) is 0.